The number of rotatable bonds is 8. The second-order valence-corrected chi connectivity index (χ2v) is 6.07. The van der Waals surface area contributed by atoms with Gasteiger partial charge < -0.3 is 15.2 Å². The molecule has 5 nitrogen and oxygen atoms in total. The molecule has 0 unspecified atom stereocenters. The van der Waals surface area contributed by atoms with E-state index in [1.807, 2.05) is 37.3 Å². The van der Waals surface area contributed by atoms with E-state index < -0.39 is 11.9 Å². The Balaban J connectivity index is 1.69. The summed E-state index contributed by atoms with van der Waals surface area (Å²) in [4.78, 5) is 8.61. The van der Waals surface area contributed by atoms with Crippen LogP contribution < -0.4 is 10.1 Å². The predicted molar refractivity (Wildman–Crippen MR) is 103 cm³/mol. The maximum Gasteiger partial charge on any atom is 0.165 e. The molecule has 0 spiro atoms. The zero-order valence-electron chi connectivity index (χ0n) is 15.1. The Morgan fingerprint density at radius 1 is 1.15 bits per heavy atom. The van der Waals surface area contributed by atoms with E-state index in [2.05, 4.69) is 15.3 Å². The van der Waals surface area contributed by atoms with Crippen LogP contribution >= 0.6 is 0 Å². The third-order valence-electron chi connectivity index (χ3n) is 3.97. The highest BCUT2D eigenvalue weighted by atomic mass is 19.1. The van der Waals surface area contributed by atoms with Crippen LogP contribution in [0.1, 0.15) is 25.0 Å². The van der Waals surface area contributed by atoms with Crippen molar-refractivity contribution in [2.24, 2.45) is 0 Å². The molecule has 0 aliphatic carbocycles. The lowest BCUT2D eigenvalue weighted by Crippen LogP contribution is -2.13. The van der Waals surface area contributed by atoms with Crippen LogP contribution in [0, 0.1) is 5.82 Å². The quantitative estimate of drug-likeness (QED) is 0.624. The van der Waals surface area contributed by atoms with Gasteiger partial charge in [0.1, 0.15) is 5.82 Å². The number of aliphatic hydroxyl groups excluding tert-OH is 1. The van der Waals surface area contributed by atoms with Crippen molar-refractivity contribution >= 4 is 5.82 Å². The Kier molecular flexibility index (Phi) is 6.33. The Morgan fingerprint density at radius 3 is 2.70 bits per heavy atom. The van der Waals surface area contributed by atoms with Gasteiger partial charge in [-0.05, 0) is 36.2 Å². The fraction of sp³-hybridized carbons (Fsp3) is 0.238. The predicted octanol–water partition coefficient (Wildman–Crippen LogP) is 4.22. The molecule has 6 heteroatoms. The molecule has 2 aromatic carbocycles. The largest absolute Gasteiger partial charge is 0.491 e. The lowest BCUT2D eigenvalue weighted by molar-refractivity contribution is 0.191. The number of nitrogens with zero attached hydrogens (tertiary/aromatic N) is 2. The lowest BCUT2D eigenvalue weighted by Gasteiger charge is -2.13. The second kappa shape index (κ2) is 9.09. The zero-order valence-corrected chi connectivity index (χ0v) is 15.1. The lowest BCUT2D eigenvalue weighted by atomic mass is 10.1. The van der Waals surface area contributed by atoms with E-state index in [0.717, 1.165) is 12.0 Å². The number of hydrogen-bond acceptors (Lipinski definition) is 5. The molecule has 1 atom stereocenters. The van der Waals surface area contributed by atoms with Crippen LogP contribution in [-0.4, -0.2) is 28.2 Å². The SMILES string of the molecule is CCCOc1ccc(-c2nccc(NC[C@H](O)c3ccccc3)n2)cc1F. The number of ether oxygens (including phenoxy) is 1. The van der Waals surface area contributed by atoms with Crippen LogP contribution in [0.5, 0.6) is 5.75 Å². The van der Waals surface area contributed by atoms with Crippen molar-refractivity contribution in [2.45, 2.75) is 19.4 Å². The Bertz CT molecular complexity index is 874. The standard InChI is InChI=1S/C21H22FN3O2/c1-2-12-27-19-9-8-16(13-17(19)22)21-23-11-10-20(25-21)24-14-18(26)15-6-4-3-5-7-15/h3-11,13,18,26H,2,12,14H2,1H3,(H,23,24,25)/t18-/m0/s1. The number of hydrogen-bond donors (Lipinski definition) is 2. The van der Waals surface area contributed by atoms with Gasteiger partial charge in [0.15, 0.2) is 17.4 Å². The van der Waals surface area contributed by atoms with Crippen molar-refractivity contribution in [2.75, 3.05) is 18.5 Å². The average Bonchev–Trinajstić information content (AvgIpc) is 2.72. The molecule has 3 rings (SSSR count). The average molecular weight is 367 g/mol. The van der Waals surface area contributed by atoms with Gasteiger partial charge >= 0.3 is 0 Å². The smallest absolute Gasteiger partial charge is 0.165 e. The Labute approximate surface area is 157 Å². The first-order valence-corrected chi connectivity index (χ1v) is 8.90. The minimum absolute atomic E-state index is 0.223. The van der Waals surface area contributed by atoms with Gasteiger partial charge in [-0.15, -0.1) is 0 Å². The number of anilines is 1. The van der Waals surface area contributed by atoms with Crippen molar-refractivity contribution in [1.29, 1.82) is 0 Å². The van der Waals surface area contributed by atoms with Crippen molar-refractivity contribution in [1.82, 2.24) is 9.97 Å². The van der Waals surface area contributed by atoms with Crippen molar-refractivity contribution < 1.29 is 14.2 Å². The topological polar surface area (TPSA) is 67.3 Å². The highest BCUT2D eigenvalue weighted by molar-refractivity contribution is 5.58. The summed E-state index contributed by atoms with van der Waals surface area (Å²) < 4.78 is 19.5. The van der Waals surface area contributed by atoms with E-state index in [4.69, 9.17) is 4.74 Å². The highest BCUT2D eigenvalue weighted by Gasteiger charge is 2.10. The molecule has 140 valence electrons. The summed E-state index contributed by atoms with van der Waals surface area (Å²) in [5.41, 5.74) is 1.38. The maximum absolute atomic E-state index is 14.2. The minimum Gasteiger partial charge on any atom is -0.491 e. The number of halogens is 1. The van der Waals surface area contributed by atoms with Gasteiger partial charge in [-0.2, -0.15) is 0 Å². The molecule has 3 aromatic rings. The van der Waals surface area contributed by atoms with E-state index in [9.17, 15) is 9.50 Å². The summed E-state index contributed by atoms with van der Waals surface area (Å²) in [7, 11) is 0. The summed E-state index contributed by atoms with van der Waals surface area (Å²) >= 11 is 0. The molecule has 0 aliphatic rings. The van der Waals surface area contributed by atoms with E-state index in [1.54, 1.807) is 24.4 Å². The number of nitrogens with one attached hydrogen (secondary N) is 1. The van der Waals surface area contributed by atoms with E-state index in [-0.39, 0.29) is 5.75 Å². The Morgan fingerprint density at radius 2 is 1.96 bits per heavy atom. The van der Waals surface area contributed by atoms with Gasteiger partial charge in [-0.1, -0.05) is 37.3 Å². The number of aromatic nitrogens is 2. The summed E-state index contributed by atoms with van der Waals surface area (Å²) in [6.45, 7) is 2.74. The van der Waals surface area contributed by atoms with Crippen LogP contribution in [0.4, 0.5) is 10.2 Å². The van der Waals surface area contributed by atoms with Crippen molar-refractivity contribution in [3.63, 3.8) is 0 Å². The van der Waals surface area contributed by atoms with E-state index in [1.165, 1.54) is 6.07 Å². The fourth-order valence-corrected chi connectivity index (χ4v) is 2.56. The molecule has 0 saturated heterocycles. The first kappa shape index (κ1) is 18.8. The molecule has 1 aromatic heterocycles. The van der Waals surface area contributed by atoms with Gasteiger partial charge in [-0.3, -0.25) is 0 Å². The van der Waals surface area contributed by atoms with Crippen LogP contribution in [0.15, 0.2) is 60.8 Å². The van der Waals surface area contributed by atoms with Crippen LogP contribution in [0.3, 0.4) is 0 Å². The number of benzene rings is 2. The van der Waals surface area contributed by atoms with Gasteiger partial charge in [0.25, 0.3) is 0 Å². The molecule has 2 N–H and O–H groups in total. The van der Waals surface area contributed by atoms with Gasteiger partial charge in [0, 0.05) is 18.3 Å². The van der Waals surface area contributed by atoms with Crippen LogP contribution in [-0.2, 0) is 0 Å². The summed E-state index contributed by atoms with van der Waals surface area (Å²) in [6.07, 6.45) is 1.75. The summed E-state index contributed by atoms with van der Waals surface area (Å²) in [5, 5.41) is 13.3. The zero-order chi connectivity index (χ0) is 19.1. The molecule has 0 radical (unpaired) electrons. The monoisotopic (exact) mass is 367 g/mol. The molecular weight excluding hydrogens is 345 g/mol. The third-order valence-corrected chi connectivity index (χ3v) is 3.97. The molecule has 27 heavy (non-hydrogen) atoms. The molecule has 0 amide bonds. The first-order chi connectivity index (χ1) is 13.2. The van der Waals surface area contributed by atoms with Gasteiger partial charge in [-0.25, -0.2) is 14.4 Å². The molecule has 0 fully saturated rings. The summed E-state index contributed by atoms with van der Waals surface area (Å²) in [6, 6.07) is 15.8. The molecular formula is C21H22FN3O2. The highest BCUT2D eigenvalue weighted by Crippen LogP contribution is 2.24. The van der Waals surface area contributed by atoms with Gasteiger partial charge in [0.05, 0.1) is 12.7 Å². The minimum atomic E-state index is -0.656. The van der Waals surface area contributed by atoms with Crippen molar-refractivity contribution in [3.8, 4) is 17.1 Å². The molecule has 0 saturated carbocycles. The van der Waals surface area contributed by atoms with Crippen LogP contribution in [0.2, 0.25) is 0 Å². The second-order valence-electron chi connectivity index (χ2n) is 6.07. The van der Waals surface area contributed by atoms with Crippen molar-refractivity contribution in [3.05, 3.63) is 72.2 Å². The van der Waals surface area contributed by atoms with Gasteiger partial charge in [0.2, 0.25) is 0 Å². The molecule has 0 aliphatic heterocycles. The van der Waals surface area contributed by atoms with Crippen LogP contribution in [0.25, 0.3) is 11.4 Å². The fourth-order valence-electron chi connectivity index (χ4n) is 2.56. The van der Waals surface area contributed by atoms with E-state index >= 15 is 0 Å². The number of aliphatic hydroxyl groups is 1. The molecule has 1 heterocycles. The Hall–Kier alpha value is -2.99. The third kappa shape index (κ3) is 5.01. The van der Waals surface area contributed by atoms with E-state index in [0.29, 0.717) is 30.4 Å². The first-order valence-electron chi connectivity index (χ1n) is 8.90. The normalized spacial score (nSPS) is 11.8. The summed E-state index contributed by atoms with van der Waals surface area (Å²) in [5.74, 6) is 0.736. The molecule has 0 bridgehead atoms. The maximum atomic E-state index is 14.2.